The van der Waals surface area contributed by atoms with Gasteiger partial charge in [-0.15, -0.1) is 0 Å². The Morgan fingerprint density at radius 3 is 2.63 bits per heavy atom. The highest BCUT2D eigenvalue weighted by atomic mass is 19.1. The molecule has 30 heavy (non-hydrogen) atoms. The van der Waals surface area contributed by atoms with Crippen LogP contribution in [0.1, 0.15) is 15.9 Å². The zero-order chi connectivity index (χ0) is 21.5. The monoisotopic (exact) mass is 417 g/mol. The molecule has 0 aromatic heterocycles. The van der Waals surface area contributed by atoms with E-state index in [4.69, 9.17) is 9.47 Å². The average Bonchev–Trinajstić information content (AvgIpc) is 2.77. The molecule has 9 nitrogen and oxygen atoms in total. The molecule has 2 aromatic carbocycles. The van der Waals surface area contributed by atoms with Gasteiger partial charge in [0.15, 0.2) is 6.61 Å². The predicted octanol–water partition coefficient (Wildman–Crippen LogP) is 2.04. The number of hydrogen-bond acceptors (Lipinski definition) is 7. The lowest BCUT2D eigenvalue weighted by Gasteiger charge is -2.28. The number of esters is 1. The highest BCUT2D eigenvalue weighted by Gasteiger charge is 2.24. The number of nitrogens with zero attached hydrogens (tertiary/aromatic N) is 2. The lowest BCUT2D eigenvalue weighted by molar-refractivity contribution is -0.384. The Balaban J connectivity index is 1.59. The van der Waals surface area contributed by atoms with E-state index in [1.54, 1.807) is 6.07 Å². The molecule has 2 aromatic rings. The number of hydrogen-bond donors (Lipinski definition) is 1. The van der Waals surface area contributed by atoms with Crippen LogP contribution in [-0.4, -0.2) is 49.7 Å². The molecule has 0 radical (unpaired) electrons. The molecule has 0 saturated carbocycles. The average molecular weight is 417 g/mol. The fraction of sp³-hybridized carbons (Fsp3) is 0.300. The van der Waals surface area contributed by atoms with Crippen LogP contribution in [0.5, 0.6) is 0 Å². The van der Waals surface area contributed by atoms with Crippen molar-refractivity contribution in [1.82, 2.24) is 5.32 Å². The predicted molar refractivity (Wildman–Crippen MR) is 105 cm³/mol. The topological polar surface area (TPSA) is 111 Å². The molecule has 1 amide bonds. The lowest BCUT2D eigenvalue weighted by atomic mass is 10.1. The van der Waals surface area contributed by atoms with E-state index in [-0.39, 0.29) is 17.8 Å². The number of amides is 1. The second-order valence-electron chi connectivity index (χ2n) is 6.50. The highest BCUT2D eigenvalue weighted by Crippen LogP contribution is 2.30. The maximum absolute atomic E-state index is 13.5. The number of nitrogens with one attached hydrogen (secondary N) is 1. The normalized spacial score (nSPS) is 13.6. The number of benzene rings is 2. The van der Waals surface area contributed by atoms with Crippen molar-refractivity contribution in [2.24, 2.45) is 0 Å². The van der Waals surface area contributed by atoms with Gasteiger partial charge in [-0.25, -0.2) is 9.18 Å². The number of carbonyl (C=O) groups excluding carboxylic acids is 2. The third kappa shape index (κ3) is 5.29. The molecule has 1 aliphatic rings. The summed E-state index contributed by atoms with van der Waals surface area (Å²) < 4.78 is 23.7. The standard InChI is InChI=1S/C20H20FN3O6/c21-16-4-2-1-3-15(16)12-22-19(25)13-30-20(26)14-5-6-17(18(11-14)24(27)28)23-7-9-29-10-8-23/h1-6,11H,7-10,12-13H2,(H,22,25). The molecular formula is C20H20FN3O6. The van der Waals surface area contributed by atoms with Gasteiger partial charge in [0, 0.05) is 31.3 Å². The number of carbonyl (C=O) groups is 2. The Kier molecular flexibility index (Phi) is 6.91. The van der Waals surface area contributed by atoms with Gasteiger partial charge in [0.1, 0.15) is 11.5 Å². The Morgan fingerprint density at radius 2 is 1.93 bits per heavy atom. The summed E-state index contributed by atoms with van der Waals surface area (Å²) in [5, 5.41) is 13.9. The fourth-order valence-electron chi connectivity index (χ4n) is 2.97. The maximum Gasteiger partial charge on any atom is 0.338 e. The largest absolute Gasteiger partial charge is 0.452 e. The first-order valence-electron chi connectivity index (χ1n) is 9.24. The molecule has 1 saturated heterocycles. The molecule has 0 unspecified atom stereocenters. The second kappa shape index (κ2) is 9.79. The van der Waals surface area contributed by atoms with Gasteiger partial charge in [-0.3, -0.25) is 14.9 Å². The Hall–Kier alpha value is -3.53. The summed E-state index contributed by atoms with van der Waals surface area (Å²) >= 11 is 0. The maximum atomic E-state index is 13.5. The Labute approximate surface area is 171 Å². The number of nitro groups is 1. The summed E-state index contributed by atoms with van der Waals surface area (Å²) in [6, 6.07) is 10.00. The smallest absolute Gasteiger partial charge is 0.338 e. The van der Waals surface area contributed by atoms with Gasteiger partial charge in [-0.1, -0.05) is 18.2 Å². The molecule has 0 atom stereocenters. The number of morpholine rings is 1. The molecule has 0 bridgehead atoms. The van der Waals surface area contributed by atoms with Gasteiger partial charge < -0.3 is 19.7 Å². The third-order valence-electron chi connectivity index (χ3n) is 4.53. The van der Waals surface area contributed by atoms with Gasteiger partial charge >= 0.3 is 5.97 Å². The van der Waals surface area contributed by atoms with Gasteiger partial charge in [-0.05, 0) is 18.2 Å². The first kappa shape index (κ1) is 21.2. The van der Waals surface area contributed by atoms with Crippen LogP contribution in [0.25, 0.3) is 0 Å². The first-order chi connectivity index (χ1) is 14.5. The summed E-state index contributed by atoms with van der Waals surface area (Å²) in [6.45, 7) is 1.29. The quantitative estimate of drug-likeness (QED) is 0.417. The summed E-state index contributed by atoms with van der Waals surface area (Å²) in [4.78, 5) is 36.8. The van der Waals surface area contributed by atoms with Crippen LogP contribution in [-0.2, 0) is 20.8 Å². The van der Waals surface area contributed by atoms with Crippen molar-refractivity contribution in [1.29, 1.82) is 0 Å². The summed E-state index contributed by atoms with van der Waals surface area (Å²) in [5.74, 6) is -1.94. The molecular weight excluding hydrogens is 397 g/mol. The first-order valence-corrected chi connectivity index (χ1v) is 9.24. The number of ether oxygens (including phenoxy) is 2. The summed E-state index contributed by atoms with van der Waals surface area (Å²) in [6.07, 6.45) is 0. The van der Waals surface area contributed by atoms with Crippen molar-refractivity contribution in [2.75, 3.05) is 37.8 Å². The third-order valence-corrected chi connectivity index (χ3v) is 4.53. The van der Waals surface area contributed by atoms with Gasteiger partial charge in [0.25, 0.3) is 11.6 Å². The van der Waals surface area contributed by atoms with E-state index < -0.39 is 29.2 Å². The summed E-state index contributed by atoms with van der Waals surface area (Å²) in [7, 11) is 0. The minimum Gasteiger partial charge on any atom is -0.452 e. The van der Waals surface area contributed by atoms with Crippen LogP contribution in [0.3, 0.4) is 0 Å². The molecule has 3 rings (SSSR count). The molecule has 1 N–H and O–H groups in total. The van der Waals surface area contributed by atoms with Crippen LogP contribution < -0.4 is 10.2 Å². The molecule has 1 aliphatic heterocycles. The van der Waals surface area contributed by atoms with E-state index in [9.17, 15) is 24.1 Å². The van der Waals surface area contributed by atoms with Crippen molar-refractivity contribution in [2.45, 2.75) is 6.54 Å². The van der Waals surface area contributed by atoms with E-state index in [1.807, 2.05) is 4.90 Å². The lowest BCUT2D eigenvalue weighted by Crippen LogP contribution is -2.36. The van der Waals surface area contributed by atoms with Gasteiger partial charge in [0.2, 0.25) is 0 Å². The molecule has 1 heterocycles. The molecule has 158 valence electrons. The number of nitro benzene ring substituents is 1. The van der Waals surface area contributed by atoms with Crippen molar-refractivity contribution in [3.63, 3.8) is 0 Å². The van der Waals surface area contributed by atoms with Crippen molar-refractivity contribution >= 4 is 23.3 Å². The minimum absolute atomic E-state index is 0.0411. The zero-order valence-corrected chi connectivity index (χ0v) is 16.0. The molecule has 0 aliphatic carbocycles. The van der Waals surface area contributed by atoms with Crippen LogP contribution >= 0.6 is 0 Å². The van der Waals surface area contributed by atoms with E-state index in [1.165, 1.54) is 30.3 Å². The molecule has 10 heteroatoms. The van der Waals surface area contributed by atoms with Crippen molar-refractivity contribution in [3.8, 4) is 0 Å². The van der Waals surface area contributed by atoms with Crippen LogP contribution in [0.15, 0.2) is 42.5 Å². The van der Waals surface area contributed by atoms with E-state index in [0.717, 1.165) is 6.07 Å². The Morgan fingerprint density at radius 1 is 1.20 bits per heavy atom. The Bertz CT molecular complexity index is 946. The van der Waals surface area contributed by atoms with E-state index >= 15 is 0 Å². The van der Waals surface area contributed by atoms with Crippen molar-refractivity contribution in [3.05, 3.63) is 69.5 Å². The fourth-order valence-corrected chi connectivity index (χ4v) is 2.97. The molecule has 0 spiro atoms. The van der Waals surface area contributed by atoms with Crippen molar-refractivity contribution < 1.29 is 28.4 Å². The number of anilines is 1. The van der Waals surface area contributed by atoms with Crippen LogP contribution in [0.4, 0.5) is 15.8 Å². The minimum atomic E-state index is -0.868. The van der Waals surface area contributed by atoms with Gasteiger partial charge in [0.05, 0.1) is 23.7 Å². The van der Waals surface area contributed by atoms with E-state index in [2.05, 4.69) is 5.32 Å². The highest BCUT2D eigenvalue weighted by molar-refractivity contribution is 5.93. The van der Waals surface area contributed by atoms with E-state index in [0.29, 0.717) is 37.6 Å². The summed E-state index contributed by atoms with van der Waals surface area (Å²) in [5.41, 5.74) is 0.421. The molecule has 1 fully saturated rings. The van der Waals surface area contributed by atoms with Gasteiger partial charge in [-0.2, -0.15) is 0 Å². The zero-order valence-electron chi connectivity index (χ0n) is 16.0. The van der Waals surface area contributed by atoms with Crippen LogP contribution in [0, 0.1) is 15.9 Å². The number of halogens is 1. The number of rotatable bonds is 7. The second-order valence-corrected chi connectivity index (χ2v) is 6.50. The SMILES string of the molecule is O=C(COC(=O)c1ccc(N2CCOCC2)c([N+](=O)[O-])c1)NCc1ccccc1F. The van der Waals surface area contributed by atoms with Crippen LogP contribution in [0.2, 0.25) is 0 Å².